The quantitative estimate of drug-likeness (QED) is 0.654. The Morgan fingerprint density at radius 2 is 2.12 bits per heavy atom. The zero-order chi connectivity index (χ0) is 18.3. The molecule has 7 heteroatoms. The van der Waals surface area contributed by atoms with Crippen LogP contribution in [0.4, 0.5) is 0 Å². The van der Waals surface area contributed by atoms with Gasteiger partial charge in [0.05, 0.1) is 19.3 Å². The van der Waals surface area contributed by atoms with Gasteiger partial charge in [0.1, 0.15) is 0 Å². The Labute approximate surface area is 152 Å². The maximum Gasteiger partial charge on any atom is 0.334 e. The third kappa shape index (κ3) is 5.17. The molecule has 2 atom stereocenters. The molecule has 0 aromatic heterocycles. The molecule has 0 radical (unpaired) electrons. The molecule has 1 fully saturated rings. The molecule has 0 spiro atoms. The normalized spacial score (nSPS) is 19.4. The highest BCUT2D eigenvalue weighted by Gasteiger charge is 2.40. The lowest BCUT2D eigenvalue weighted by molar-refractivity contribution is -0.148. The zero-order valence-electron chi connectivity index (χ0n) is 14.3. The molecular weight excluding hydrogens is 346 g/mol. The molecule has 1 aliphatic rings. The zero-order valence-corrected chi connectivity index (χ0v) is 15.1. The van der Waals surface area contributed by atoms with E-state index in [0.717, 1.165) is 19.4 Å². The third-order valence-electron chi connectivity index (χ3n) is 4.39. The van der Waals surface area contributed by atoms with Crippen molar-refractivity contribution < 1.29 is 24.2 Å². The van der Waals surface area contributed by atoms with E-state index in [-0.39, 0.29) is 31.5 Å². The van der Waals surface area contributed by atoms with E-state index in [1.165, 1.54) is 0 Å². The minimum atomic E-state index is -1.48. The Kier molecular flexibility index (Phi) is 7.23. The van der Waals surface area contributed by atoms with Crippen molar-refractivity contribution in [2.75, 3.05) is 19.8 Å². The molecule has 2 unspecified atom stereocenters. The number of carbonyl (C=O) groups is 2. The summed E-state index contributed by atoms with van der Waals surface area (Å²) in [5, 5.41) is 12.9. The van der Waals surface area contributed by atoms with Crippen molar-refractivity contribution in [3.05, 3.63) is 34.9 Å². The van der Waals surface area contributed by atoms with Crippen LogP contribution in [0.5, 0.6) is 0 Å². The number of carbonyl (C=O) groups excluding carboxylic acids is 1. The first-order valence-corrected chi connectivity index (χ1v) is 8.85. The standard InChI is InChI=1S/C18H24ClNO5/c1-2-18(17(22)23,13-5-7-14(19)8-6-13)20-16(21)9-11-24-12-15-4-3-10-25-15/h5-8,15H,2-4,9-12H2,1H3,(H,20,21)(H,22,23). The van der Waals surface area contributed by atoms with Crippen molar-refractivity contribution >= 4 is 23.5 Å². The minimum Gasteiger partial charge on any atom is -0.479 e. The molecule has 138 valence electrons. The number of halogens is 1. The van der Waals surface area contributed by atoms with Gasteiger partial charge in [0, 0.05) is 18.1 Å². The number of benzene rings is 1. The van der Waals surface area contributed by atoms with Gasteiger partial charge < -0.3 is 19.9 Å². The molecule has 0 aliphatic carbocycles. The first kappa shape index (κ1) is 19.7. The summed E-state index contributed by atoms with van der Waals surface area (Å²) in [5.41, 5.74) is -0.989. The largest absolute Gasteiger partial charge is 0.479 e. The van der Waals surface area contributed by atoms with Gasteiger partial charge >= 0.3 is 5.97 Å². The van der Waals surface area contributed by atoms with Gasteiger partial charge in [-0.25, -0.2) is 4.79 Å². The predicted molar refractivity (Wildman–Crippen MR) is 93.6 cm³/mol. The van der Waals surface area contributed by atoms with Crippen LogP contribution in [0.3, 0.4) is 0 Å². The van der Waals surface area contributed by atoms with Crippen molar-refractivity contribution in [1.29, 1.82) is 0 Å². The van der Waals surface area contributed by atoms with Crippen LogP contribution >= 0.6 is 11.6 Å². The van der Waals surface area contributed by atoms with Crippen LogP contribution in [0.25, 0.3) is 0 Å². The fraction of sp³-hybridized carbons (Fsp3) is 0.556. The number of aliphatic carboxylic acids is 1. The Balaban J connectivity index is 1.93. The number of nitrogens with one attached hydrogen (secondary N) is 1. The summed E-state index contributed by atoms with van der Waals surface area (Å²) in [7, 11) is 0. The molecule has 1 heterocycles. The lowest BCUT2D eigenvalue weighted by atomic mass is 9.87. The van der Waals surface area contributed by atoms with Crippen LogP contribution < -0.4 is 5.32 Å². The van der Waals surface area contributed by atoms with E-state index in [1.807, 2.05) is 0 Å². The second kappa shape index (κ2) is 9.17. The molecule has 1 amide bonds. The van der Waals surface area contributed by atoms with Gasteiger partial charge in [-0.1, -0.05) is 30.7 Å². The van der Waals surface area contributed by atoms with E-state index in [4.69, 9.17) is 21.1 Å². The van der Waals surface area contributed by atoms with Gasteiger partial charge in [-0.05, 0) is 37.0 Å². The average Bonchev–Trinajstić information content (AvgIpc) is 3.10. The van der Waals surface area contributed by atoms with Gasteiger partial charge in [0.2, 0.25) is 5.91 Å². The fourth-order valence-electron chi connectivity index (χ4n) is 2.88. The number of hydrogen-bond acceptors (Lipinski definition) is 4. The smallest absolute Gasteiger partial charge is 0.334 e. The highest BCUT2D eigenvalue weighted by molar-refractivity contribution is 6.30. The van der Waals surface area contributed by atoms with Gasteiger partial charge in [0.25, 0.3) is 0 Å². The van der Waals surface area contributed by atoms with Gasteiger partial charge in [-0.2, -0.15) is 0 Å². The Morgan fingerprint density at radius 3 is 2.68 bits per heavy atom. The van der Waals surface area contributed by atoms with Crippen LogP contribution in [0, 0.1) is 0 Å². The van der Waals surface area contributed by atoms with Gasteiger partial charge in [0.15, 0.2) is 5.54 Å². The average molecular weight is 370 g/mol. The van der Waals surface area contributed by atoms with Crippen LogP contribution in [-0.4, -0.2) is 42.9 Å². The molecule has 25 heavy (non-hydrogen) atoms. The van der Waals surface area contributed by atoms with Crippen LogP contribution in [0.15, 0.2) is 24.3 Å². The summed E-state index contributed by atoms with van der Waals surface area (Å²) in [4.78, 5) is 24.1. The summed E-state index contributed by atoms with van der Waals surface area (Å²) < 4.78 is 10.9. The Hall–Kier alpha value is -1.63. The Bertz CT molecular complexity index is 586. The van der Waals surface area contributed by atoms with Crippen LogP contribution in [0.2, 0.25) is 5.02 Å². The molecule has 1 aromatic rings. The lowest BCUT2D eigenvalue weighted by Crippen LogP contribution is -2.51. The summed E-state index contributed by atoms with van der Waals surface area (Å²) >= 11 is 5.87. The van der Waals surface area contributed by atoms with Crippen molar-refractivity contribution in [3.63, 3.8) is 0 Å². The first-order valence-electron chi connectivity index (χ1n) is 8.47. The summed E-state index contributed by atoms with van der Waals surface area (Å²) in [6.45, 7) is 3.16. The van der Waals surface area contributed by atoms with Crippen LogP contribution in [0.1, 0.15) is 38.2 Å². The highest BCUT2D eigenvalue weighted by Crippen LogP contribution is 2.27. The number of carboxylic acid groups (broad SMARTS) is 1. The van der Waals surface area contributed by atoms with E-state index in [2.05, 4.69) is 5.32 Å². The molecule has 1 aromatic carbocycles. The van der Waals surface area contributed by atoms with E-state index < -0.39 is 11.5 Å². The monoisotopic (exact) mass is 369 g/mol. The Morgan fingerprint density at radius 1 is 1.40 bits per heavy atom. The van der Waals surface area contributed by atoms with Gasteiger partial charge in [-0.3, -0.25) is 4.79 Å². The summed E-state index contributed by atoms with van der Waals surface area (Å²) in [6, 6.07) is 6.46. The molecule has 6 nitrogen and oxygen atoms in total. The van der Waals surface area contributed by atoms with E-state index in [0.29, 0.717) is 17.2 Å². The topological polar surface area (TPSA) is 84.9 Å². The van der Waals surface area contributed by atoms with Crippen molar-refractivity contribution in [2.45, 2.75) is 44.2 Å². The molecule has 2 rings (SSSR count). The molecule has 0 saturated carbocycles. The number of rotatable bonds is 9. The third-order valence-corrected chi connectivity index (χ3v) is 4.64. The molecule has 1 saturated heterocycles. The molecular formula is C18H24ClNO5. The van der Waals surface area contributed by atoms with Crippen molar-refractivity contribution in [3.8, 4) is 0 Å². The molecule has 1 aliphatic heterocycles. The molecule has 0 bridgehead atoms. The SMILES string of the molecule is CCC(NC(=O)CCOCC1CCCO1)(C(=O)O)c1ccc(Cl)cc1. The fourth-order valence-corrected chi connectivity index (χ4v) is 3.01. The van der Waals surface area contributed by atoms with Gasteiger partial charge in [-0.15, -0.1) is 0 Å². The van der Waals surface area contributed by atoms with Crippen LogP contribution in [-0.2, 0) is 24.6 Å². The minimum absolute atomic E-state index is 0.0926. The second-order valence-corrected chi connectivity index (χ2v) is 6.52. The number of carboxylic acids is 1. The van der Waals surface area contributed by atoms with E-state index in [1.54, 1.807) is 31.2 Å². The maximum atomic E-state index is 12.2. The molecule has 2 N–H and O–H groups in total. The number of hydrogen-bond donors (Lipinski definition) is 2. The van der Waals surface area contributed by atoms with E-state index in [9.17, 15) is 14.7 Å². The lowest BCUT2D eigenvalue weighted by Gasteiger charge is -2.30. The van der Waals surface area contributed by atoms with Crippen molar-refractivity contribution in [2.24, 2.45) is 0 Å². The highest BCUT2D eigenvalue weighted by atomic mass is 35.5. The summed E-state index contributed by atoms with van der Waals surface area (Å²) in [6.07, 6.45) is 2.42. The predicted octanol–water partition coefficient (Wildman–Crippen LogP) is 2.73. The first-order chi connectivity index (χ1) is 12.0. The second-order valence-electron chi connectivity index (χ2n) is 6.08. The summed E-state index contributed by atoms with van der Waals surface area (Å²) in [5.74, 6) is -1.47. The van der Waals surface area contributed by atoms with Crippen molar-refractivity contribution in [1.82, 2.24) is 5.32 Å². The maximum absolute atomic E-state index is 12.2. The number of amides is 1. The number of ether oxygens (including phenoxy) is 2. The van der Waals surface area contributed by atoms with E-state index >= 15 is 0 Å².